The van der Waals surface area contributed by atoms with Gasteiger partial charge in [0.2, 0.25) is 5.43 Å². The van der Waals surface area contributed by atoms with Gasteiger partial charge in [-0.25, -0.2) is 4.79 Å². The van der Waals surface area contributed by atoms with E-state index < -0.39 is 23.4 Å². The van der Waals surface area contributed by atoms with Crippen molar-refractivity contribution < 1.29 is 28.8 Å². The van der Waals surface area contributed by atoms with Crippen LogP contribution in [0, 0.1) is 0 Å². The quantitative estimate of drug-likeness (QED) is 0.271. The Labute approximate surface area is 216 Å². The lowest BCUT2D eigenvalue weighted by atomic mass is 9.87. The fourth-order valence-electron chi connectivity index (χ4n) is 5.22. The molecule has 0 aliphatic carbocycles. The van der Waals surface area contributed by atoms with Crippen molar-refractivity contribution in [1.82, 2.24) is 4.57 Å². The number of phenolic OH excluding ortho intramolecular Hbond substituents is 1. The van der Waals surface area contributed by atoms with Crippen molar-refractivity contribution in [3.8, 4) is 23.0 Å². The van der Waals surface area contributed by atoms with Crippen LogP contribution in [0.15, 0.2) is 68.6 Å². The molecule has 1 aliphatic heterocycles. The molecule has 1 aliphatic rings. The number of aliphatic hydroxyl groups excluding tert-OH is 1. The van der Waals surface area contributed by atoms with Crippen molar-refractivity contribution in [2.24, 2.45) is 7.05 Å². The molecule has 2 N–H and O–H groups in total. The first-order valence-corrected chi connectivity index (χ1v) is 12.0. The normalized spacial score (nSPS) is 18.3. The molecule has 0 spiro atoms. The fourth-order valence-corrected chi connectivity index (χ4v) is 5.22. The number of hydrogen-bond donors (Lipinski definition) is 2. The highest BCUT2D eigenvalue weighted by molar-refractivity contribution is 5.99. The first-order valence-electron chi connectivity index (χ1n) is 12.0. The first kappa shape index (κ1) is 23.9. The molecule has 5 aromatic rings. The first-order chi connectivity index (χ1) is 18.1. The molecule has 0 amide bonds. The van der Waals surface area contributed by atoms with Crippen LogP contribution in [0.2, 0.25) is 0 Å². The van der Waals surface area contributed by atoms with Gasteiger partial charge in [0.1, 0.15) is 40.3 Å². The third-order valence-corrected chi connectivity index (χ3v) is 7.17. The average Bonchev–Trinajstić information content (AvgIpc) is 2.88. The number of phenols is 1. The predicted molar refractivity (Wildman–Crippen MR) is 141 cm³/mol. The van der Waals surface area contributed by atoms with E-state index >= 15 is 0 Å². The highest BCUT2D eigenvalue weighted by Crippen LogP contribution is 2.46. The molecule has 3 heterocycles. The van der Waals surface area contributed by atoms with Gasteiger partial charge in [0.25, 0.3) is 0 Å². The molecular formula is C29H25NO8. The van der Waals surface area contributed by atoms with E-state index in [4.69, 9.17) is 18.6 Å². The number of rotatable bonds is 3. The number of aromatic nitrogens is 1. The number of para-hydroxylation sites is 1. The molecule has 38 heavy (non-hydrogen) atoms. The molecular weight excluding hydrogens is 490 g/mol. The Morgan fingerprint density at radius 3 is 2.58 bits per heavy atom. The van der Waals surface area contributed by atoms with E-state index in [0.29, 0.717) is 44.6 Å². The number of hydrogen-bond acceptors (Lipinski definition) is 8. The lowest BCUT2D eigenvalue weighted by molar-refractivity contribution is -0.102. The van der Waals surface area contributed by atoms with E-state index in [0.717, 1.165) is 0 Å². The Morgan fingerprint density at radius 2 is 1.82 bits per heavy atom. The van der Waals surface area contributed by atoms with Gasteiger partial charge in [0, 0.05) is 30.6 Å². The summed E-state index contributed by atoms with van der Waals surface area (Å²) in [6.07, 6.45) is -2.17. The minimum atomic E-state index is -1.16. The van der Waals surface area contributed by atoms with Gasteiger partial charge in [-0.05, 0) is 44.2 Å². The van der Waals surface area contributed by atoms with Crippen LogP contribution in [0.3, 0.4) is 0 Å². The average molecular weight is 516 g/mol. The predicted octanol–water partition coefficient (Wildman–Crippen LogP) is 4.16. The molecule has 194 valence electrons. The van der Waals surface area contributed by atoms with Gasteiger partial charge in [-0.2, -0.15) is 0 Å². The lowest BCUT2D eigenvalue weighted by Gasteiger charge is -2.41. The van der Waals surface area contributed by atoms with Crippen LogP contribution < -0.4 is 25.3 Å². The second kappa shape index (κ2) is 8.26. The monoisotopic (exact) mass is 515 g/mol. The number of benzene rings is 3. The van der Waals surface area contributed by atoms with Gasteiger partial charge in [0.05, 0.1) is 34.5 Å². The number of nitrogens with zero attached hydrogens (tertiary/aromatic N) is 1. The van der Waals surface area contributed by atoms with Crippen LogP contribution in [-0.4, -0.2) is 33.6 Å². The van der Waals surface area contributed by atoms with Crippen LogP contribution in [0.4, 0.5) is 0 Å². The summed E-state index contributed by atoms with van der Waals surface area (Å²) in [5.74, 6) is 0.931. The van der Waals surface area contributed by atoms with E-state index in [1.807, 2.05) is 0 Å². The molecule has 0 fully saturated rings. The topological polar surface area (TPSA) is 120 Å². The second-order valence-electron chi connectivity index (χ2n) is 9.92. The Hall–Kier alpha value is -4.50. The minimum absolute atomic E-state index is 0.156. The van der Waals surface area contributed by atoms with E-state index in [1.165, 1.54) is 19.2 Å². The summed E-state index contributed by atoms with van der Waals surface area (Å²) in [5, 5.41) is 23.1. The Bertz CT molecular complexity index is 1880. The van der Waals surface area contributed by atoms with Crippen molar-refractivity contribution in [1.29, 1.82) is 0 Å². The fraction of sp³-hybridized carbons (Fsp3) is 0.241. The molecule has 2 aromatic heterocycles. The van der Waals surface area contributed by atoms with E-state index in [2.05, 4.69) is 0 Å². The van der Waals surface area contributed by atoms with Crippen LogP contribution in [0.25, 0.3) is 32.8 Å². The number of fused-ring (bicyclic) bond motifs is 5. The van der Waals surface area contributed by atoms with Crippen LogP contribution >= 0.6 is 0 Å². The maximum absolute atomic E-state index is 13.5. The molecule has 0 saturated heterocycles. The molecule has 2 atom stereocenters. The highest BCUT2D eigenvalue weighted by atomic mass is 16.5. The summed E-state index contributed by atoms with van der Waals surface area (Å²) in [6, 6.07) is 14.6. The Morgan fingerprint density at radius 1 is 1.05 bits per heavy atom. The molecule has 0 bridgehead atoms. The Kier molecular flexibility index (Phi) is 5.19. The summed E-state index contributed by atoms with van der Waals surface area (Å²) >= 11 is 0. The van der Waals surface area contributed by atoms with E-state index in [1.54, 1.807) is 67.9 Å². The van der Waals surface area contributed by atoms with Crippen molar-refractivity contribution in [3.63, 3.8) is 0 Å². The third kappa shape index (κ3) is 3.42. The highest BCUT2D eigenvalue weighted by Gasteiger charge is 2.46. The van der Waals surface area contributed by atoms with Crippen molar-refractivity contribution >= 4 is 32.8 Å². The number of methoxy groups -OCH3 is 1. The third-order valence-electron chi connectivity index (χ3n) is 7.17. The maximum atomic E-state index is 13.5. The maximum Gasteiger partial charge on any atom is 0.336 e. The van der Waals surface area contributed by atoms with Gasteiger partial charge in [-0.3, -0.25) is 4.79 Å². The largest absolute Gasteiger partial charge is 0.507 e. The molecule has 0 unspecified atom stereocenters. The zero-order chi connectivity index (χ0) is 26.9. The molecule has 3 aromatic carbocycles. The van der Waals surface area contributed by atoms with Crippen LogP contribution in [-0.2, 0) is 7.05 Å². The molecule has 9 heteroatoms. The van der Waals surface area contributed by atoms with Gasteiger partial charge in [-0.15, -0.1) is 0 Å². The van der Waals surface area contributed by atoms with Gasteiger partial charge >= 0.3 is 5.63 Å². The van der Waals surface area contributed by atoms with Crippen molar-refractivity contribution in [3.05, 3.63) is 80.8 Å². The number of pyridine rings is 1. The Balaban J connectivity index is 1.63. The molecule has 0 saturated carbocycles. The zero-order valence-corrected chi connectivity index (χ0v) is 21.1. The van der Waals surface area contributed by atoms with Crippen LogP contribution in [0.1, 0.15) is 25.5 Å². The minimum Gasteiger partial charge on any atom is -0.507 e. The standard InChI is InChI=1S/C29H25NO8/c1-29(2)28(34)27(23-19(38-29)10-8-14-9-11-21(32)37-26(14)23)36-20-7-5-6-16-24(20)30(3)17-12-15(35-4)13-18(31)22(17)25(16)33/h5-13,27-28,31,34H,1-4H3/t27-,28-/m0/s1. The van der Waals surface area contributed by atoms with E-state index in [9.17, 15) is 19.8 Å². The second-order valence-corrected chi connectivity index (χ2v) is 9.92. The summed E-state index contributed by atoms with van der Waals surface area (Å²) in [7, 11) is 3.23. The lowest BCUT2D eigenvalue weighted by Crippen LogP contribution is -2.50. The SMILES string of the molecule is COc1cc(O)c2c(=O)c3cccc(O[C@H]4c5c(ccc6ccc(=O)oc56)OC(C)(C)[C@H]4O)c3n(C)c2c1. The molecule has 9 nitrogen and oxygen atoms in total. The number of aromatic hydroxyl groups is 1. The van der Waals surface area contributed by atoms with Crippen molar-refractivity contribution in [2.45, 2.75) is 31.7 Å². The molecule has 6 rings (SSSR count). The summed E-state index contributed by atoms with van der Waals surface area (Å²) < 4.78 is 25.2. The number of ether oxygens (including phenoxy) is 3. The number of aliphatic hydroxyl groups is 1. The van der Waals surface area contributed by atoms with E-state index in [-0.39, 0.29) is 22.1 Å². The van der Waals surface area contributed by atoms with Gasteiger partial charge in [-0.1, -0.05) is 6.07 Å². The zero-order valence-electron chi connectivity index (χ0n) is 21.1. The summed E-state index contributed by atoms with van der Waals surface area (Å²) in [4.78, 5) is 25.6. The van der Waals surface area contributed by atoms with Gasteiger partial charge in [0.15, 0.2) is 6.10 Å². The van der Waals surface area contributed by atoms with Gasteiger partial charge < -0.3 is 33.4 Å². The smallest absolute Gasteiger partial charge is 0.336 e. The number of aryl methyl sites for hydroxylation is 1. The van der Waals surface area contributed by atoms with Crippen molar-refractivity contribution in [2.75, 3.05) is 7.11 Å². The summed E-state index contributed by atoms with van der Waals surface area (Å²) in [6.45, 7) is 3.48. The summed E-state index contributed by atoms with van der Waals surface area (Å²) in [5.41, 5.74) is -0.404. The molecule has 0 radical (unpaired) electrons. The van der Waals surface area contributed by atoms with Crippen LogP contribution in [0.5, 0.6) is 23.0 Å².